The molecule has 1 fully saturated rings. The molecular formula is C19H34IN5O. The summed E-state index contributed by atoms with van der Waals surface area (Å²) in [4.78, 5) is 21.1. The highest BCUT2D eigenvalue weighted by Crippen LogP contribution is 2.16. The van der Waals surface area contributed by atoms with Crippen molar-refractivity contribution < 1.29 is 4.79 Å². The molecule has 0 radical (unpaired) electrons. The van der Waals surface area contributed by atoms with Gasteiger partial charge in [0.05, 0.1) is 13.1 Å². The number of piperidine rings is 1. The number of carbonyl (C=O) groups excluding carboxylic acids is 1. The monoisotopic (exact) mass is 475 g/mol. The molecule has 1 aliphatic heterocycles. The number of aromatic nitrogens is 1. The quantitative estimate of drug-likeness (QED) is 0.391. The molecule has 0 bridgehead atoms. The Morgan fingerprint density at radius 3 is 2.85 bits per heavy atom. The zero-order chi connectivity index (χ0) is 18.2. The summed E-state index contributed by atoms with van der Waals surface area (Å²) in [6.45, 7) is 8.21. The predicted octanol–water partition coefficient (Wildman–Crippen LogP) is 2.69. The van der Waals surface area contributed by atoms with Gasteiger partial charge in [-0.3, -0.25) is 9.79 Å². The molecule has 26 heavy (non-hydrogen) atoms. The Kier molecular flexibility index (Phi) is 10.0. The minimum atomic E-state index is 0. The first kappa shape index (κ1) is 22.8. The van der Waals surface area contributed by atoms with Gasteiger partial charge in [0.15, 0.2) is 5.96 Å². The number of hydrogen-bond acceptors (Lipinski definition) is 2. The number of guanidine groups is 1. The van der Waals surface area contributed by atoms with Crippen molar-refractivity contribution in [2.75, 3.05) is 33.2 Å². The SMILES string of the molecule is CCNC(=NCCC(=O)N1CCCC(C)C1)N(C)Cc1cccn1C.I. The highest BCUT2D eigenvalue weighted by atomic mass is 127. The number of hydrogen-bond donors (Lipinski definition) is 1. The second kappa shape index (κ2) is 11.5. The maximum Gasteiger partial charge on any atom is 0.224 e. The highest BCUT2D eigenvalue weighted by Gasteiger charge is 2.20. The van der Waals surface area contributed by atoms with Crippen LogP contribution >= 0.6 is 24.0 Å². The van der Waals surface area contributed by atoms with E-state index < -0.39 is 0 Å². The van der Waals surface area contributed by atoms with Crippen molar-refractivity contribution in [3.8, 4) is 0 Å². The standard InChI is InChI=1S/C19H33N5O.HI/c1-5-20-19(23(4)15-17-9-7-12-22(17)3)21-11-10-18(25)24-13-6-8-16(2)14-24;/h7,9,12,16H,5-6,8,10-11,13-15H2,1-4H3,(H,20,21);1H. The van der Waals surface area contributed by atoms with Crippen LogP contribution in [-0.2, 0) is 18.4 Å². The van der Waals surface area contributed by atoms with Crippen molar-refractivity contribution in [3.63, 3.8) is 0 Å². The predicted molar refractivity (Wildman–Crippen MR) is 118 cm³/mol. The van der Waals surface area contributed by atoms with Crippen LogP contribution in [0.5, 0.6) is 0 Å². The van der Waals surface area contributed by atoms with Gasteiger partial charge in [-0.1, -0.05) is 6.92 Å². The van der Waals surface area contributed by atoms with Crippen molar-refractivity contribution in [1.82, 2.24) is 19.7 Å². The molecule has 1 aliphatic rings. The molecular weight excluding hydrogens is 441 g/mol. The van der Waals surface area contributed by atoms with Crippen LogP contribution in [0.15, 0.2) is 23.3 Å². The zero-order valence-corrected chi connectivity index (χ0v) is 18.9. The Hall–Kier alpha value is -1.25. The number of aryl methyl sites for hydroxylation is 1. The van der Waals surface area contributed by atoms with Gasteiger partial charge in [0, 0.05) is 52.0 Å². The Morgan fingerprint density at radius 1 is 1.46 bits per heavy atom. The van der Waals surface area contributed by atoms with E-state index in [4.69, 9.17) is 0 Å². The largest absolute Gasteiger partial charge is 0.357 e. The molecule has 6 nitrogen and oxygen atoms in total. The van der Waals surface area contributed by atoms with Crippen LogP contribution in [0, 0.1) is 5.92 Å². The molecule has 1 amide bonds. The topological polar surface area (TPSA) is 52.9 Å². The molecule has 2 heterocycles. The molecule has 1 aromatic heterocycles. The molecule has 0 aromatic carbocycles. The fraction of sp³-hybridized carbons (Fsp3) is 0.684. The van der Waals surface area contributed by atoms with Gasteiger partial charge >= 0.3 is 0 Å². The van der Waals surface area contributed by atoms with Crippen LogP contribution in [0.4, 0.5) is 0 Å². The Balaban J connectivity index is 0.00000338. The van der Waals surface area contributed by atoms with Crippen molar-refractivity contribution in [2.45, 2.75) is 39.7 Å². The van der Waals surface area contributed by atoms with E-state index in [0.717, 1.165) is 38.6 Å². The number of likely N-dealkylation sites (tertiary alicyclic amines) is 1. The normalized spacial score (nSPS) is 17.6. The summed E-state index contributed by atoms with van der Waals surface area (Å²) < 4.78 is 2.11. The van der Waals surface area contributed by atoms with Gasteiger partial charge in [-0.05, 0) is 37.8 Å². The van der Waals surface area contributed by atoms with Crippen molar-refractivity contribution in [3.05, 3.63) is 24.0 Å². The fourth-order valence-electron chi connectivity index (χ4n) is 3.28. The van der Waals surface area contributed by atoms with E-state index in [-0.39, 0.29) is 29.9 Å². The number of aliphatic imine (C=N–C) groups is 1. The summed E-state index contributed by atoms with van der Waals surface area (Å²) in [5, 5.41) is 3.32. The second-order valence-electron chi connectivity index (χ2n) is 7.04. The summed E-state index contributed by atoms with van der Waals surface area (Å²) in [6, 6.07) is 4.16. The van der Waals surface area contributed by atoms with E-state index in [1.165, 1.54) is 12.1 Å². The van der Waals surface area contributed by atoms with E-state index in [1.807, 2.05) is 31.3 Å². The van der Waals surface area contributed by atoms with Gasteiger partial charge in [0.2, 0.25) is 5.91 Å². The number of rotatable bonds is 6. The summed E-state index contributed by atoms with van der Waals surface area (Å²) in [7, 11) is 4.08. The third-order valence-corrected chi connectivity index (χ3v) is 4.74. The number of carbonyl (C=O) groups is 1. The van der Waals surface area contributed by atoms with Gasteiger partial charge in [-0.15, -0.1) is 24.0 Å². The van der Waals surface area contributed by atoms with Crippen LogP contribution in [0.1, 0.15) is 38.8 Å². The Bertz CT molecular complexity index is 586. The number of nitrogens with zero attached hydrogens (tertiary/aromatic N) is 4. The van der Waals surface area contributed by atoms with Gasteiger partial charge < -0.3 is 19.7 Å². The molecule has 1 saturated heterocycles. The van der Waals surface area contributed by atoms with Gasteiger partial charge in [0.25, 0.3) is 0 Å². The third-order valence-electron chi connectivity index (χ3n) is 4.74. The Labute approximate surface area is 175 Å². The Morgan fingerprint density at radius 2 is 2.23 bits per heavy atom. The van der Waals surface area contributed by atoms with E-state index >= 15 is 0 Å². The second-order valence-corrected chi connectivity index (χ2v) is 7.04. The van der Waals surface area contributed by atoms with Gasteiger partial charge in [0.1, 0.15) is 0 Å². The fourth-order valence-corrected chi connectivity index (χ4v) is 3.28. The van der Waals surface area contributed by atoms with E-state index in [2.05, 4.69) is 39.7 Å². The molecule has 1 N–H and O–H groups in total. The van der Waals surface area contributed by atoms with E-state index in [1.54, 1.807) is 0 Å². The minimum absolute atomic E-state index is 0. The lowest BCUT2D eigenvalue weighted by Gasteiger charge is -2.31. The molecule has 148 valence electrons. The summed E-state index contributed by atoms with van der Waals surface area (Å²) >= 11 is 0. The van der Waals surface area contributed by atoms with Gasteiger partial charge in [-0.25, -0.2) is 0 Å². The van der Waals surface area contributed by atoms with Crippen molar-refractivity contribution in [1.29, 1.82) is 0 Å². The smallest absolute Gasteiger partial charge is 0.224 e. The van der Waals surface area contributed by atoms with Crippen LogP contribution in [-0.4, -0.2) is 59.5 Å². The molecule has 1 aromatic rings. The lowest BCUT2D eigenvalue weighted by atomic mass is 10.00. The van der Waals surface area contributed by atoms with Crippen molar-refractivity contribution >= 4 is 35.8 Å². The number of halogens is 1. The lowest BCUT2D eigenvalue weighted by Crippen LogP contribution is -2.40. The highest BCUT2D eigenvalue weighted by molar-refractivity contribution is 14.0. The number of amides is 1. The third kappa shape index (κ3) is 6.81. The van der Waals surface area contributed by atoms with E-state index in [9.17, 15) is 4.79 Å². The van der Waals surface area contributed by atoms with Gasteiger partial charge in [-0.2, -0.15) is 0 Å². The molecule has 0 saturated carbocycles. The first-order valence-electron chi connectivity index (χ1n) is 9.38. The summed E-state index contributed by atoms with van der Waals surface area (Å²) in [5.74, 6) is 1.70. The number of nitrogens with one attached hydrogen (secondary N) is 1. The first-order valence-corrected chi connectivity index (χ1v) is 9.38. The minimum Gasteiger partial charge on any atom is -0.357 e. The lowest BCUT2D eigenvalue weighted by molar-refractivity contribution is -0.132. The van der Waals surface area contributed by atoms with Crippen LogP contribution in [0.2, 0.25) is 0 Å². The molecule has 7 heteroatoms. The van der Waals surface area contributed by atoms with Crippen LogP contribution in [0.25, 0.3) is 0 Å². The maximum atomic E-state index is 12.4. The maximum absolute atomic E-state index is 12.4. The summed E-state index contributed by atoms with van der Waals surface area (Å²) in [6.07, 6.45) is 4.89. The van der Waals surface area contributed by atoms with Crippen LogP contribution < -0.4 is 5.32 Å². The van der Waals surface area contributed by atoms with Crippen molar-refractivity contribution in [2.24, 2.45) is 18.0 Å². The van der Waals surface area contributed by atoms with Crippen LogP contribution in [0.3, 0.4) is 0 Å². The molecule has 0 spiro atoms. The summed E-state index contributed by atoms with van der Waals surface area (Å²) in [5.41, 5.74) is 1.23. The zero-order valence-electron chi connectivity index (χ0n) is 16.6. The molecule has 1 atom stereocenters. The molecule has 2 rings (SSSR count). The average Bonchev–Trinajstić information content (AvgIpc) is 2.98. The molecule has 0 aliphatic carbocycles. The molecule has 1 unspecified atom stereocenters. The van der Waals surface area contributed by atoms with E-state index in [0.29, 0.717) is 18.9 Å². The average molecular weight is 475 g/mol. The first-order chi connectivity index (χ1) is 12.0.